The molecule has 0 aliphatic carbocycles. The van der Waals surface area contributed by atoms with Gasteiger partial charge in [0.2, 0.25) is 0 Å². The predicted molar refractivity (Wildman–Crippen MR) is 152 cm³/mol. The van der Waals surface area contributed by atoms with Gasteiger partial charge in [-0.3, -0.25) is 4.98 Å². The number of rotatable bonds is 4. The zero-order valence-corrected chi connectivity index (χ0v) is 23.0. The molecule has 0 radical (unpaired) electrons. The average Bonchev–Trinajstić information content (AvgIpc) is 3.33. The molecule has 4 aromatic rings. The van der Waals surface area contributed by atoms with E-state index in [4.69, 9.17) is 17.2 Å². The van der Waals surface area contributed by atoms with Crippen LogP contribution in [0.3, 0.4) is 0 Å². The van der Waals surface area contributed by atoms with Crippen molar-refractivity contribution in [3.05, 3.63) is 111 Å². The first-order valence-corrected chi connectivity index (χ1v) is 13.0. The Morgan fingerprint density at radius 3 is 2.43 bits per heavy atom. The van der Waals surface area contributed by atoms with Gasteiger partial charge in [-0.2, -0.15) is 0 Å². The molecule has 1 N–H and O–H groups in total. The summed E-state index contributed by atoms with van der Waals surface area (Å²) in [5, 5.41) is 4.30. The molecule has 1 aliphatic heterocycles. The highest BCUT2D eigenvalue weighted by atomic mass is 79.9. The van der Waals surface area contributed by atoms with Gasteiger partial charge in [-0.1, -0.05) is 34.1 Å². The second-order valence-corrected chi connectivity index (χ2v) is 10.6. The largest absolute Gasteiger partial charge is 0.351 e. The number of nitrogens with one attached hydrogen (secondary N) is 1. The monoisotopic (exact) mass is 544 g/mol. The molecule has 0 unspecified atom stereocenters. The Kier molecular flexibility index (Phi) is 6.28. The van der Waals surface area contributed by atoms with Crippen LogP contribution < -0.4 is 10.2 Å². The molecule has 2 aromatic carbocycles. The van der Waals surface area contributed by atoms with Crippen LogP contribution in [0.25, 0.3) is 5.69 Å². The minimum atomic E-state index is -0.0693. The molecule has 2 aromatic heterocycles. The smallest absolute Gasteiger partial charge is 0.174 e. The first-order chi connectivity index (χ1) is 16.8. The van der Waals surface area contributed by atoms with E-state index in [-0.39, 0.29) is 12.1 Å². The van der Waals surface area contributed by atoms with E-state index in [2.05, 4.69) is 114 Å². The number of anilines is 1. The molecule has 1 fully saturated rings. The van der Waals surface area contributed by atoms with Crippen molar-refractivity contribution < 1.29 is 0 Å². The second-order valence-electron chi connectivity index (χ2n) is 9.38. The number of hydrogen-bond donors (Lipinski definition) is 1. The minimum Gasteiger partial charge on any atom is -0.351 e. The summed E-state index contributed by atoms with van der Waals surface area (Å²) >= 11 is 9.58. The molecule has 2 atom stereocenters. The fourth-order valence-electron chi connectivity index (χ4n) is 5.15. The molecule has 5 rings (SSSR count). The number of aryl methyl sites for hydroxylation is 4. The number of hydrogen-bond acceptors (Lipinski definition) is 2. The number of aromatic nitrogens is 2. The fourth-order valence-corrected chi connectivity index (χ4v) is 5.74. The number of pyridine rings is 1. The molecule has 1 aliphatic rings. The van der Waals surface area contributed by atoms with Gasteiger partial charge < -0.3 is 14.8 Å². The SMILES string of the molecule is Cc1ccc(C)c(-n2c(C)cc([C@H]3[C@@H](c4ccccn4)NC(=S)N3c3ccc(Br)c(C)c3)c2C)c1. The van der Waals surface area contributed by atoms with Gasteiger partial charge in [0.05, 0.1) is 17.8 Å². The third-order valence-electron chi connectivity index (χ3n) is 6.91. The Morgan fingerprint density at radius 1 is 0.914 bits per heavy atom. The van der Waals surface area contributed by atoms with Crippen molar-refractivity contribution >= 4 is 38.9 Å². The predicted octanol–water partition coefficient (Wildman–Crippen LogP) is 7.35. The zero-order chi connectivity index (χ0) is 24.9. The first-order valence-electron chi connectivity index (χ1n) is 11.8. The van der Waals surface area contributed by atoms with Gasteiger partial charge in [0.15, 0.2) is 5.11 Å². The summed E-state index contributed by atoms with van der Waals surface area (Å²) in [6, 6.07) is 21.3. The van der Waals surface area contributed by atoms with E-state index >= 15 is 0 Å². The molecule has 35 heavy (non-hydrogen) atoms. The molecular formula is C29H29BrN4S. The maximum atomic E-state index is 5.94. The zero-order valence-electron chi connectivity index (χ0n) is 20.6. The van der Waals surface area contributed by atoms with Crippen molar-refractivity contribution in [2.45, 2.75) is 46.7 Å². The standard InChI is InChI=1S/C29H29BrN4S/c1-17-9-10-18(2)26(14-17)33-20(4)16-23(21(33)5)28-27(25-8-6-7-13-31-25)32-29(35)34(28)22-11-12-24(30)19(3)15-22/h6-16,27-28H,1-5H3,(H,32,35)/t27-,28+/m1/s1. The Balaban J connectivity index is 1.71. The van der Waals surface area contributed by atoms with Crippen molar-refractivity contribution in [1.29, 1.82) is 0 Å². The van der Waals surface area contributed by atoms with Gasteiger partial charge in [0, 0.05) is 33.4 Å². The van der Waals surface area contributed by atoms with Crippen molar-refractivity contribution in [2.75, 3.05) is 4.90 Å². The molecule has 0 amide bonds. The number of benzene rings is 2. The summed E-state index contributed by atoms with van der Waals surface area (Å²) in [7, 11) is 0. The van der Waals surface area contributed by atoms with Gasteiger partial charge in [-0.25, -0.2) is 0 Å². The summed E-state index contributed by atoms with van der Waals surface area (Å²) in [5.41, 5.74) is 10.6. The van der Waals surface area contributed by atoms with Gasteiger partial charge in [-0.05, 0) is 112 Å². The van der Waals surface area contributed by atoms with Crippen molar-refractivity contribution in [2.24, 2.45) is 0 Å². The van der Waals surface area contributed by atoms with Crippen LogP contribution >= 0.6 is 28.1 Å². The maximum absolute atomic E-state index is 5.94. The van der Waals surface area contributed by atoms with Gasteiger partial charge in [0.1, 0.15) is 0 Å². The first kappa shape index (κ1) is 23.8. The molecule has 0 spiro atoms. The molecule has 0 bridgehead atoms. The molecule has 0 saturated carbocycles. The minimum absolute atomic E-state index is 0.0389. The highest BCUT2D eigenvalue weighted by molar-refractivity contribution is 9.10. The van der Waals surface area contributed by atoms with Crippen LogP contribution in [0.5, 0.6) is 0 Å². The third kappa shape index (κ3) is 4.19. The van der Waals surface area contributed by atoms with E-state index in [1.807, 2.05) is 18.3 Å². The highest BCUT2D eigenvalue weighted by Gasteiger charge is 2.42. The van der Waals surface area contributed by atoms with Crippen LogP contribution in [0.4, 0.5) is 5.69 Å². The van der Waals surface area contributed by atoms with E-state index in [0.717, 1.165) is 15.9 Å². The van der Waals surface area contributed by atoms with Gasteiger partial charge >= 0.3 is 0 Å². The third-order valence-corrected chi connectivity index (χ3v) is 8.12. The lowest BCUT2D eigenvalue weighted by atomic mass is 9.96. The number of halogens is 1. The van der Waals surface area contributed by atoms with Crippen LogP contribution in [-0.2, 0) is 0 Å². The number of nitrogens with zero attached hydrogens (tertiary/aromatic N) is 3. The lowest BCUT2D eigenvalue weighted by Gasteiger charge is -2.28. The Labute approximate surface area is 221 Å². The fraction of sp³-hybridized carbons (Fsp3) is 0.241. The lowest BCUT2D eigenvalue weighted by molar-refractivity contribution is 0.565. The molecular weight excluding hydrogens is 516 g/mol. The second kappa shape index (κ2) is 9.25. The summed E-state index contributed by atoms with van der Waals surface area (Å²) in [6.45, 7) is 10.8. The van der Waals surface area contributed by atoms with E-state index in [0.29, 0.717) is 5.11 Å². The van der Waals surface area contributed by atoms with Crippen LogP contribution in [0.15, 0.2) is 71.3 Å². The van der Waals surface area contributed by atoms with Crippen LogP contribution in [0.1, 0.15) is 51.4 Å². The van der Waals surface area contributed by atoms with Crippen LogP contribution in [-0.4, -0.2) is 14.7 Å². The lowest BCUT2D eigenvalue weighted by Crippen LogP contribution is -2.29. The summed E-state index contributed by atoms with van der Waals surface area (Å²) in [4.78, 5) is 6.96. The summed E-state index contributed by atoms with van der Waals surface area (Å²) in [6.07, 6.45) is 1.85. The van der Waals surface area contributed by atoms with Crippen molar-refractivity contribution in [1.82, 2.24) is 14.9 Å². The van der Waals surface area contributed by atoms with E-state index in [9.17, 15) is 0 Å². The topological polar surface area (TPSA) is 33.1 Å². The molecule has 3 heterocycles. The Bertz CT molecular complexity index is 1430. The average molecular weight is 546 g/mol. The normalized spacial score (nSPS) is 17.7. The Morgan fingerprint density at radius 2 is 1.71 bits per heavy atom. The Hall–Kier alpha value is -2.96. The molecule has 178 valence electrons. The van der Waals surface area contributed by atoms with Crippen LogP contribution in [0, 0.1) is 34.6 Å². The number of thiocarbonyl (C=S) groups is 1. The van der Waals surface area contributed by atoms with E-state index in [1.165, 1.54) is 39.3 Å². The van der Waals surface area contributed by atoms with Crippen molar-refractivity contribution in [3.8, 4) is 5.69 Å². The van der Waals surface area contributed by atoms with Crippen LogP contribution in [0.2, 0.25) is 0 Å². The van der Waals surface area contributed by atoms with Gasteiger partial charge in [0.25, 0.3) is 0 Å². The van der Waals surface area contributed by atoms with E-state index < -0.39 is 0 Å². The quantitative estimate of drug-likeness (QED) is 0.272. The van der Waals surface area contributed by atoms with Crippen molar-refractivity contribution in [3.63, 3.8) is 0 Å². The highest BCUT2D eigenvalue weighted by Crippen LogP contribution is 2.44. The molecule has 6 heteroatoms. The summed E-state index contributed by atoms with van der Waals surface area (Å²) in [5.74, 6) is 0. The molecule has 1 saturated heterocycles. The maximum Gasteiger partial charge on any atom is 0.174 e. The van der Waals surface area contributed by atoms with E-state index in [1.54, 1.807) is 0 Å². The van der Waals surface area contributed by atoms with Gasteiger partial charge in [-0.15, -0.1) is 0 Å². The summed E-state index contributed by atoms with van der Waals surface area (Å²) < 4.78 is 3.46. The molecule has 4 nitrogen and oxygen atoms in total.